The number of amides is 1. The van der Waals surface area contributed by atoms with Gasteiger partial charge in [0.05, 0.1) is 18.3 Å². The van der Waals surface area contributed by atoms with Crippen LogP contribution in [-0.2, 0) is 14.8 Å². The maximum atomic E-state index is 11.9. The molecule has 2 unspecified atom stereocenters. The molecule has 2 N–H and O–H groups in total. The van der Waals surface area contributed by atoms with Gasteiger partial charge >= 0.3 is 0 Å². The highest BCUT2D eigenvalue weighted by Crippen LogP contribution is 2.18. The Bertz CT molecular complexity index is 397. The summed E-state index contributed by atoms with van der Waals surface area (Å²) in [5, 5.41) is 12.3. The Morgan fingerprint density at radius 2 is 2.21 bits per heavy atom. The lowest BCUT2D eigenvalue weighted by Crippen LogP contribution is -2.46. The number of sulfonamides is 1. The highest BCUT2D eigenvalue weighted by molar-refractivity contribution is 7.88. The molecule has 7 heteroatoms. The molecule has 0 radical (unpaired) electrons. The summed E-state index contributed by atoms with van der Waals surface area (Å²) in [4.78, 5) is 11.9. The minimum absolute atomic E-state index is 0.163. The number of hydrogen-bond acceptors (Lipinski definition) is 4. The zero-order valence-corrected chi connectivity index (χ0v) is 12.4. The highest BCUT2D eigenvalue weighted by atomic mass is 32.2. The molecule has 112 valence electrons. The molecule has 19 heavy (non-hydrogen) atoms. The van der Waals surface area contributed by atoms with Gasteiger partial charge in [-0.25, -0.2) is 12.7 Å². The van der Waals surface area contributed by atoms with Crippen LogP contribution in [0.1, 0.15) is 32.6 Å². The van der Waals surface area contributed by atoms with Crippen LogP contribution < -0.4 is 5.32 Å². The Balaban J connectivity index is 2.44. The van der Waals surface area contributed by atoms with Crippen molar-refractivity contribution in [3.63, 3.8) is 0 Å². The average Bonchev–Trinajstić information content (AvgIpc) is 2.35. The number of aliphatic hydroxyl groups is 1. The lowest BCUT2D eigenvalue weighted by atomic mass is 9.99. The summed E-state index contributed by atoms with van der Waals surface area (Å²) in [6.45, 7) is 2.94. The molecule has 1 aliphatic heterocycles. The van der Waals surface area contributed by atoms with E-state index >= 15 is 0 Å². The predicted molar refractivity (Wildman–Crippen MR) is 73.1 cm³/mol. The van der Waals surface area contributed by atoms with E-state index in [1.807, 2.05) is 6.92 Å². The molecule has 1 amide bonds. The van der Waals surface area contributed by atoms with Crippen LogP contribution in [0.3, 0.4) is 0 Å². The van der Waals surface area contributed by atoms with Gasteiger partial charge in [-0.05, 0) is 19.3 Å². The summed E-state index contributed by atoms with van der Waals surface area (Å²) in [5.41, 5.74) is 0. The van der Waals surface area contributed by atoms with Crippen molar-refractivity contribution in [2.75, 3.05) is 25.9 Å². The fraction of sp³-hybridized carbons (Fsp3) is 0.917. The number of nitrogens with zero attached hydrogens (tertiary/aromatic N) is 1. The van der Waals surface area contributed by atoms with Gasteiger partial charge in [0.1, 0.15) is 0 Å². The van der Waals surface area contributed by atoms with Gasteiger partial charge in [0.15, 0.2) is 0 Å². The first kappa shape index (κ1) is 16.4. The first-order valence-corrected chi connectivity index (χ1v) is 8.60. The number of rotatable bonds is 6. The third-order valence-corrected chi connectivity index (χ3v) is 4.63. The van der Waals surface area contributed by atoms with E-state index in [0.29, 0.717) is 25.8 Å². The number of piperidine rings is 1. The third kappa shape index (κ3) is 5.46. The van der Waals surface area contributed by atoms with E-state index in [2.05, 4.69) is 5.32 Å². The SMILES string of the molecule is CCCC(O)CNC(=O)C1CCCN(S(C)(=O)=O)C1. The smallest absolute Gasteiger partial charge is 0.224 e. The van der Waals surface area contributed by atoms with E-state index in [9.17, 15) is 18.3 Å². The van der Waals surface area contributed by atoms with E-state index < -0.39 is 16.1 Å². The molecular weight excluding hydrogens is 268 g/mol. The molecule has 2 atom stereocenters. The van der Waals surface area contributed by atoms with Crippen molar-refractivity contribution in [3.05, 3.63) is 0 Å². The fourth-order valence-electron chi connectivity index (χ4n) is 2.26. The highest BCUT2D eigenvalue weighted by Gasteiger charge is 2.30. The van der Waals surface area contributed by atoms with E-state index in [0.717, 1.165) is 12.7 Å². The number of carbonyl (C=O) groups excluding carboxylic acids is 1. The minimum atomic E-state index is -3.23. The number of aliphatic hydroxyl groups excluding tert-OH is 1. The molecule has 1 rings (SSSR count). The van der Waals surface area contributed by atoms with Crippen LogP contribution in [0.15, 0.2) is 0 Å². The Morgan fingerprint density at radius 3 is 2.79 bits per heavy atom. The molecule has 0 aliphatic carbocycles. The molecule has 0 spiro atoms. The summed E-state index contributed by atoms with van der Waals surface area (Å²) >= 11 is 0. The first-order valence-electron chi connectivity index (χ1n) is 6.75. The maximum absolute atomic E-state index is 11.9. The second-order valence-electron chi connectivity index (χ2n) is 5.15. The molecule has 0 aromatic rings. The normalized spacial score (nSPS) is 23.0. The van der Waals surface area contributed by atoms with Crippen LogP contribution in [0.25, 0.3) is 0 Å². The van der Waals surface area contributed by atoms with Gasteiger partial charge in [-0.15, -0.1) is 0 Å². The molecule has 6 nitrogen and oxygen atoms in total. The van der Waals surface area contributed by atoms with Gasteiger partial charge < -0.3 is 10.4 Å². The van der Waals surface area contributed by atoms with Crippen LogP contribution >= 0.6 is 0 Å². The van der Waals surface area contributed by atoms with Gasteiger partial charge in [-0.1, -0.05) is 13.3 Å². The topological polar surface area (TPSA) is 86.7 Å². The van der Waals surface area contributed by atoms with Crippen molar-refractivity contribution in [2.45, 2.75) is 38.7 Å². The Hall–Kier alpha value is -0.660. The van der Waals surface area contributed by atoms with E-state index in [-0.39, 0.29) is 24.9 Å². The summed E-state index contributed by atoms with van der Waals surface area (Å²) in [6.07, 6.45) is 3.55. The van der Waals surface area contributed by atoms with Crippen LogP contribution in [0.2, 0.25) is 0 Å². The molecule has 0 aromatic carbocycles. The van der Waals surface area contributed by atoms with Crippen LogP contribution in [0, 0.1) is 5.92 Å². The summed E-state index contributed by atoms with van der Waals surface area (Å²) in [6, 6.07) is 0. The monoisotopic (exact) mass is 292 g/mol. The van der Waals surface area contributed by atoms with Crippen molar-refractivity contribution < 1.29 is 18.3 Å². The minimum Gasteiger partial charge on any atom is -0.391 e. The van der Waals surface area contributed by atoms with Crippen molar-refractivity contribution in [2.24, 2.45) is 5.92 Å². The van der Waals surface area contributed by atoms with E-state index in [1.165, 1.54) is 4.31 Å². The van der Waals surface area contributed by atoms with Gasteiger partial charge in [-0.2, -0.15) is 0 Å². The number of hydrogen-bond donors (Lipinski definition) is 2. The summed E-state index contributed by atoms with van der Waals surface area (Å²) in [5.74, 6) is -0.471. The standard InChI is InChI=1S/C12H24N2O4S/c1-3-5-11(15)8-13-12(16)10-6-4-7-14(9-10)19(2,17)18/h10-11,15H,3-9H2,1-2H3,(H,13,16). The van der Waals surface area contributed by atoms with E-state index in [1.54, 1.807) is 0 Å². The molecule has 1 aliphatic rings. The predicted octanol–water partition coefficient (Wildman–Crippen LogP) is -0.0648. The largest absolute Gasteiger partial charge is 0.391 e. The number of nitrogens with one attached hydrogen (secondary N) is 1. The maximum Gasteiger partial charge on any atom is 0.224 e. The Morgan fingerprint density at radius 1 is 1.53 bits per heavy atom. The first-order chi connectivity index (χ1) is 8.84. The van der Waals surface area contributed by atoms with Gasteiger partial charge in [0, 0.05) is 19.6 Å². The van der Waals surface area contributed by atoms with Crippen molar-refractivity contribution >= 4 is 15.9 Å². The van der Waals surface area contributed by atoms with Crippen molar-refractivity contribution in [1.82, 2.24) is 9.62 Å². The van der Waals surface area contributed by atoms with Gasteiger partial charge in [0.2, 0.25) is 15.9 Å². The van der Waals surface area contributed by atoms with Crippen molar-refractivity contribution in [1.29, 1.82) is 0 Å². The fourth-order valence-corrected chi connectivity index (χ4v) is 3.17. The molecule has 1 saturated heterocycles. The number of carbonyl (C=O) groups is 1. The molecule has 0 saturated carbocycles. The van der Waals surface area contributed by atoms with Gasteiger partial charge in [-0.3, -0.25) is 4.79 Å². The van der Waals surface area contributed by atoms with Crippen LogP contribution in [0.4, 0.5) is 0 Å². The Kier molecular flexibility index (Phi) is 6.22. The third-order valence-electron chi connectivity index (χ3n) is 3.36. The molecule has 0 bridgehead atoms. The van der Waals surface area contributed by atoms with E-state index in [4.69, 9.17) is 0 Å². The second kappa shape index (κ2) is 7.21. The van der Waals surface area contributed by atoms with Gasteiger partial charge in [0.25, 0.3) is 0 Å². The lowest BCUT2D eigenvalue weighted by molar-refractivity contribution is -0.126. The molecule has 0 aromatic heterocycles. The molecule has 1 fully saturated rings. The molecular formula is C12H24N2O4S. The van der Waals surface area contributed by atoms with Crippen LogP contribution in [-0.4, -0.2) is 55.7 Å². The lowest BCUT2D eigenvalue weighted by Gasteiger charge is -2.30. The molecule has 1 heterocycles. The second-order valence-corrected chi connectivity index (χ2v) is 7.13. The summed E-state index contributed by atoms with van der Waals surface area (Å²) < 4.78 is 24.3. The quantitative estimate of drug-likeness (QED) is 0.718. The average molecular weight is 292 g/mol. The zero-order chi connectivity index (χ0) is 14.5. The Labute approximate surface area is 115 Å². The summed E-state index contributed by atoms with van der Waals surface area (Å²) in [7, 11) is -3.23. The zero-order valence-electron chi connectivity index (χ0n) is 11.6. The van der Waals surface area contributed by atoms with Crippen molar-refractivity contribution in [3.8, 4) is 0 Å². The van der Waals surface area contributed by atoms with Crippen LogP contribution in [0.5, 0.6) is 0 Å².